The Morgan fingerprint density at radius 2 is 1.78 bits per heavy atom. The van der Waals surface area contributed by atoms with E-state index in [9.17, 15) is 25.0 Å². The fourth-order valence-electron chi connectivity index (χ4n) is 2.84. The summed E-state index contributed by atoms with van der Waals surface area (Å²) in [6.07, 6.45) is 2.57. The number of carbonyl (C=O) groups excluding carboxylic acids is 1. The summed E-state index contributed by atoms with van der Waals surface area (Å²) >= 11 is 0. The van der Waals surface area contributed by atoms with E-state index in [4.69, 9.17) is 0 Å². The zero-order chi connectivity index (χ0) is 17.1. The number of esters is 1. The maximum atomic E-state index is 11.6. The van der Waals surface area contributed by atoms with Crippen LogP contribution in [0.4, 0.5) is 17.1 Å². The van der Waals surface area contributed by atoms with Crippen LogP contribution in [0.5, 0.6) is 0 Å². The summed E-state index contributed by atoms with van der Waals surface area (Å²) in [7, 11) is 1.11. The Hall–Kier alpha value is -2.71. The van der Waals surface area contributed by atoms with Gasteiger partial charge in [0.2, 0.25) is 0 Å². The van der Waals surface area contributed by atoms with Gasteiger partial charge in [0.25, 0.3) is 0 Å². The van der Waals surface area contributed by atoms with Gasteiger partial charge in [0.05, 0.1) is 22.5 Å². The van der Waals surface area contributed by atoms with Crippen LogP contribution in [0.15, 0.2) is 12.1 Å². The van der Waals surface area contributed by atoms with Crippen molar-refractivity contribution in [3.8, 4) is 0 Å². The molecule has 1 heterocycles. The molecule has 9 heteroatoms. The Balaban J connectivity index is 2.69. The van der Waals surface area contributed by atoms with E-state index in [1.54, 1.807) is 4.90 Å². The molecule has 1 aromatic carbocycles. The molecule has 0 amide bonds. The molecule has 2 rings (SSSR count). The van der Waals surface area contributed by atoms with Gasteiger partial charge < -0.3 is 9.64 Å². The predicted molar refractivity (Wildman–Crippen MR) is 81.7 cm³/mol. The van der Waals surface area contributed by atoms with Crippen LogP contribution in [-0.4, -0.2) is 35.5 Å². The number of methoxy groups -OCH3 is 1. The van der Waals surface area contributed by atoms with Crippen molar-refractivity contribution in [1.29, 1.82) is 0 Å². The minimum Gasteiger partial charge on any atom is -0.465 e. The second kappa shape index (κ2) is 6.59. The van der Waals surface area contributed by atoms with E-state index in [1.165, 1.54) is 0 Å². The molecule has 1 aromatic rings. The zero-order valence-corrected chi connectivity index (χ0v) is 12.9. The van der Waals surface area contributed by atoms with E-state index in [0.717, 1.165) is 38.5 Å². The molecule has 1 aliphatic heterocycles. The van der Waals surface area contributed by atoms with Crippen molar-refractivity contribution in [3.05, 3.63) is 37.9 Å². The minimum atomic E-state index is -0.852. The van der Waals surface area contributed by atoms with Crippen molar-refractivity contribution in [3.63, 3.8) is 0 Å². The van der Waals surface area contributed by atoms with Crippen molar-refractivity contribution < 1.29 is 19.4 Å². The standard InChI is InChI=1S/C14H17N3O6/c1-9-5-3-4-6-15(9)13-11(16(19)20)7-10(14(18)23-2)8-12(13)17(21)22/h7-9H,3-6H2,1-2H3. The number of benzene rings is 1. The lowest BCUT2D eigenvalue weighted by molar-refractivity contribution is -0.392. The summed E-state index contributed by atoms with van der Waals surface area (Å²) in [6.45, 7) is 2.38. The van der Waals surface area contributed by atoms with E-state index in [-0.39, 0.29) is 17.3 Å². The van der Waals surface area contributed by atoms with E-state index in [0.29, 0.717) is 6.54 Å². The molecule has 1 fully saturated rings. The molecular formula is C14H17N3O6. The van der Waals surface area contributed by atoms with E-state index in [1.807, 2.05) is 6.92 Å². The van der Waals surface area contributed by atoms with Crippen molar-refractivity contribution >= 4 is 23.0 Å². The lowest BCUT2D eigenvalue weighted by atomic mass is 10.0. The Labute approximate surface area is 132 Å². The summed E-state index contributed by atoms with van der Waals surface area (Å²) in [5.41, 5.74) is -1.15. The summed E-state index contributed by atoms with van der Waals surface area (Å²) in [6, 6.07) is 2.02. The number of nitro groups is 2. The first-order valence-corrected chi connectivity index (χ1v) is 7.18. The number of hydrogen-bond donors (Lipinski definition) is 0. The van der Waals surface area contributed by atoms with Gasteiger partial charge in [-0.15, -0.1) is 0 Å². The largest absolute Gasteiger partial charge is 0.465 e. The molecule has 0 spiro atoms. The highest BCUT2D eigenvalue weighted by molar-refractivity contribution is 5.94. The van der Waals surface area contributed by atoms with Gasteiger partial charge in [0.1, 0.15) is 0 Å². The number of hydrogen-bond acceptors (Lipinski definition) is 7. The van der Waals surface area contributed by atoms with Crippen LogP contribution >= 0.6 is 0 Å². The maximum absolute atomic E-state index is 11.6. The van der Waals surface area contributed by atoms with Crippen LogP contribution in [0.3, 0.4) is 0 Å². The highest BCUT2D eigenvalue weighted by Gasteiger charge is 2.35. The topological polar surface area (TPSA) is 116 Å². The molecule has 0 saturated carbocycles. The van der Waals surface area contributed by atoms with Gasteiger partial charge in [-0.25, -0.2) is 4.79 Å². The smallest absolute Gasteiger partial charge is 0.338 e. The molecular weight excluding hydrogens is 306 g/mol. The molecule has 1 saturated heterocycles. The molecule has 1 atom stereocenters. The molecule has 0 aromatic heterocycles. The second-order valence-corrected chi connectivity index (χ2v) is 5.41. The Morgan fingerprint density at radius 1 is 1.22 bits per heavy atom. The number of anilines is 1. The third-order valence-corrected chi connectivity index (χ3v) is 3.97. The molecule has 1 aliphatic rings. The highest BCUT2D eigenvalue weighted by atomic mass is 16.6. The number of nitro benzene ring substituents is 2. The van der Waals surface area contributed by atoms with Crippen molar-refractivity contribution in [2.75, 3.05) is 18.6 Å². The van der Waals surface area contributed by atoms with Gasteiger partial charge in [0, 0.05) is 24.7 Å². The normalized spacial score (nSPS) is 17.7. The fourth-order valence-corrected chi connectivity index (χ4v) is 2.84. The number of rotatable bonds is 4. The molecule has 23 heavy (non-hydrogen) atoms. The number of carbonyl (C=O) groups is 1. The second-order valence-electron chi connectivity index (χ2n) is 5.41. The number of piperidine rings is 1. The van der Waals surface area contributed by atoms with Crippen molar-refractivity contribution in [1.82, 2.24) is 0 Å². The molecule has 124 valence electrons. The lowest BCUT2D eigenvalue weighted by Crippen LogP contribution is -2.38. The predicted octanol–water partition coefficient (Wildman–Crippen LogP) is 2.67. The third-order valence-electron chi connectivity index (χ3n) is 3.97. The maximum Gasteiger partial charge on any atom is 0.338 e. The molecule has 1 unspecified atom stereocenters. The zero-order valence-electron chi connectivity index (χ0n) is 12.9. The molecule has 0 N–H and O–H groups in total. The SMILES string of the molecule is COC(=O)c1cc([N+](=O)[O-])c(N2CCCCC2C)c([N+](=O)[O-])c1. The van der Waals surface area contributed by atoms with E-state index in [2.05, 4.69) is 4.74 Å². The van der Waals surface area contributed by atoms with Crippen molar-refractivity contribution in [2.45, 2.75) is 32.2 Å². The van der Waals surface area contributed by atoms with Gasteiger partial charge in [-0.1, -0.05) is 0 Å². The molecule has 9 nitrogen and oxygen atoms in total. The van der Waals surface area contributed by atoms with Crippen molar-refractivity contribution in [2.24, 2.45) is 0 Å². The van der Waals surface area contributed by atoms with Gasteiger partial charge in [-0.05, 0) is 26.2 Å². The van der Waals surface area contributed by atoms with Crippen LogP contribution < -0.4 is 4.90 Å². The van der Waals surface area contributed by atoms with E-state index >= 15 is 0 Å². The van der Waals surface area contributed by atoms with E-state index < -0.39 is 27.2 Å². The quantitative estimate of drug-likeness (QED) is 0.475. The molecule has 0 radical (unpaired) electrons. The van der Waals surface area contributed by atoms with Gasteiger partial charge >= 0.3 is 17.3 Å². The van der Waals surface area contributed by atoms with Crippen LogP contribution in [0.25, 0.3) is 0 Å². The summed E-state index contributed by atoms with van der Waals surface area (Å²) in [5.74, 6) is -0.852. The summed E-state index contributed by atoms with van der Waals surface area (Å²) < 4.78 is 4.51. The third kappa shape index (κ3) is 3.22. The first-order valence-electron chi connectivity index (χ1n) is 7.18. The van der Waals surface area contributed by atoms with Gasteiger partial charge in [-0.2, -0.15) is 0 Å². The monoisotopic (exact) mass is 323 g/mol. The highest BCUT2D eigenvalue weighted by Crippen LogP contribution is 2.41. The van der Waals surface area contributed by atoms with Gasteiger partial charge in [-0.3, -0.25) is 20.2 Å². The number of ether oxygens (including phenoxy) is 1. The molecule has 0 aliphatic carbocycles. The minimum absolute atomic E-state index is 0.0418. The Morgan fingerprint density at radius 3 is 2.22 bits per heavy atom. The fraction of sp³-hybridized carbons (Fsp3) is 0.500. The average molecular weight is 323 g/mol. The van der Waals surface area contributed by atoms with Crippen LogP contribution in [0, 0.1) is 20.2 Å². The average Bonchev–Trinajstić information content (AvgIpc) is 2.53. The lowest BCUT2D eigenvalue weighted by Gasteiger charge is -2.34. The van der Waals surface area contributed by atoms with Gasteiger partial charge in [0.15, 0.2) is 5.69 Å². The Kier molecular flexibility index (Phi) is 4.77. The first kappa shape index (κ1) is 16.7. The summed E-state index contributed by atoms with van der Waals surface area (Å²) in [5, 5.41) is 22.8. The summed E-state index contributed by atoms with van der Waals surface area (Å²) in [4.78, 5) is 34.7. The molecule has 0 bridgehead atoms. The Bertz CT molecular complexity index is 625. The van der Waals surface area contributed by atoms with Crippen LogP contribution in [0.1, 0.15) is 36.5 Å². The van der Waals surface area contributed by atoms with Crippen LogP contribution in [0.2, 0.25) is 0 Å². The first-order chi connectivity index (χ1) is 10.9. The van der Waals surface area contributed by atoms with Crippen LogP contribution in [-0.2, 0) is 4.74 Å². The number of nitrogens with zero attached hydrogens (tertiary/aromatic N) is 3.